The third-order valence-electron chi connectivity index (χ3n) is 3.89. The summed E-state index contributed by atoms with van der Waals surface area (Å²) in [6.45, 7) is 2.76. The van der Waals surface area contributed by atoms with Crippen LogP contribution in [0.25, 0.3) is 11.0 Å². The van der Waals surface area contributed by atoms with E-state index in [4.69, 9.17) is 11.6 Å². The molecule has 0 aliphatic heterocycles. The van der Waals surface area contributed by atoms with E-state index in [2.05, 4.69) is 10.3 Å². The Balaban J connectivity index is 1.75. The number of hydrogen-bond donors (Lipinski definition) is 1. The molecule has 1 N–H and O–H groups in total. The zero-order valence-electron chi connectivity index (χ0n) is 14.8. The van der Waals surface area contributed by atoms with Crippen molar-refractivity contribution >= 4 is 51.7 Å². The first-order valence-electron chi connectivity index (χ1n) is 8.41. The number of aryl methyl sites for hydroxylation is 1. The SMILES string of the molecule is CCCn1c(SCC(=O)Nc2cc([N+](=O)[O-])ccc2F)nc2cc(Cl)ccc21. The van der Waals surface area contributed by atoms with Gasteiger partial charge in [0.25, 0.3) is 5.69 Å². The number of hydrogen-bond acceptors (Lipinski definition) is 5. The Morgan fingerprint density at radius 1 is 1.36 bits per heavy atom. The summed E-state index contributed by atoms with van der Waals surface area (Å²) >= 11 is 7.22. The standard InChI is InChI=1S/C18H16ClFN4O3S/c1-2-7-23-16-6-3-11(19)8-15(16)22-18(23)28-10-17(25)21-14-9-12(24(26)27)4-5-13(14)20/h3-6,8-9H,2,7,10H2,1H3,(H,21,25). The number of thioether (sulfide) groups is 1. The predicted octanol–water partition coefficient (Wildman–Crippen LogP) is 4.88. The topological polar surface area (TPSA) is 90.1 Å². The zero-order valence-corrected chi connectivity index (χ0v) is 16.4. The maximum atomic E-state index is 13.8. The summed E-state index contributed by atoms with van der Waals surface area (Å²) in [5, 5.41) is 14.4. The average molecular weight is 423 g/mol. The fourth-order valence-electron chi connectivity index (χ4n) is 2.67. The molecule has 7 nitrogen and oxygen atoms in total. The quantitative estimate of drug-likeness (QED) is 0.333. The predicted molar refractivity (Wildman–Crippen MR) is 107 cm³/mol. The molecule has 1 heterocycles. The van der Waals surface area contributed by atoms with Gasteiger partial charge in [0.2, 0.25) is 5.91 Å². The van der Waals surface area contributed by atoms with Crippen LogP contribution in [0.4, 0.5) is 15.8 Å². The van der Waals surface area contributed by atoms with Gasteiger partial charge in [-0.2, -0.15) is 0 Å². The van der Waals surface area contributed by atoms with Crippen molar-refractivity contribution in [2.75, 3.05) is 11.1 Å². The molecule has 0 aliphatic carbocycles. The van der Waals surface area contributed by atoms with E-state index in [0.29, 0.717) is 10.2 Å². The van der Waals surface area contributed by atoms with Crippen molar-refractivity contribution in [1.82, 2.24) is 9.55 Å². The van der Waals surface area contributed by atoms with Gasteiger partial charge in [0.1, 0.15) is 5.82 Å². The van der Waals surface area contributed by atoms with E-state index in [1.165, 1.54) is 11.8 Å². The van der Waals surface area contributed by atoms with Crippen LogP contribution in [0.1, 0.15) is 13.3 Å². The number of anilines is 1. The van der Waals surface area contributed by atoms with E-state index in [9.17, 15) is 19.3 Å². The monoisotopic (exact) mass is 422 g/mol. The number of aromatic nitrogens is 2. The first-order valence-corrected chi connectivity index (χ1v) is 9.77. The lowest BCUT2D eigenvalue weighted by molar-refractivity contribution is -0.384. The van der Waals surface area contributed by atoms with Gasteiger partial charge in [0.05, 0.1) is 27.4 Å². The number of nitro benzene ring substituents is 1. The fraction of sp³-hybridized carbons (Fsp3) is 0.222. The van der Waals surface area contributed by atoms with Crippen LogP contribution in [0.5, 0.6) is 0 Å². The number of non-ortho nitro benzene ring substituents is 1. The van der Waals surface area contributed by atoms with Crippen molar-refractivity contribution < 1.29 is 14.1 Å². The van der Waals surface area contributed by atoms with E-state index in [0.717, 1.165) is 42.2 Å². The molecule has 3 rings (SSSR count). The summed E-state index contributed by atoms with van der Waals surface area (Å²) in [5.41, 5.74) is 1.12. The minimum atomic E-state index is -0.739. The smallest absolute Gasteiger partial charge is 0.271 e. The minimum Gasteiger partial charge on any atom is -0.323 e. The molecule has 0 aliphatic rings. The number of nitrogens with one attached hydrogen (secondary N) is 1. The minimum absolute atomic E-state index is 0.0249. The molecule has 1 aromatic heterocycles. The Morgan fingerprint density at radius 2 is 2.14 bits per heavy atom. The highest BCUT2D eigenvalue weighted by atomic mass is 35.5. The lowest BCUT2D eigenvalue weighted by atomic mass is 10.2. The maximum Gasteiger partial charge on any atom is 0.271 e. The number of fused-ring (bicyclic) bond motifs is 1. The number of benzene rings is 2. The molecule has 1 amide bonds. The van der Waals surface area contributed by atoms with Crippen molar-refractivity contribution in [1.29, 1.82) is 0 Å². The molecule has 10 heteroatoms. The molecule has 0 atom stereocenters. The summed E-state index contributed by atoms with van der Waals surface area (Å²) in [6, 6.07) is 8.40. The van der Waals surface area contributed by atoms with Crippen LogP contribution in [-0.2, 0) is 11.3 Å². The number of carbonyl (C=O) groups is 1. The van der Waals surface area contributed by atoms with Gasteiger partial charge >= 0.3 is 0 Å². The van der Waals surface area contributed by atoms with Crippen LogP contribution in [-0.4, -0.2) is 26.1 Å². The van der Waals surface area contributed by atoms with Gasteiger partial charge in [0.15, 0.2) is 5.16 Å². The molecular formula is C18H16ClFN4O3S. The van der Waals surface area contributed by atoms with Crippen LogP contribution in [0.3, 0.4) is 0 Å². The Morgan fingerprint density at radius 3 is 2.86 bits per heavy atom. The highest BCUT2D eigenvalue weighted by Gasteiger charge is 2.16. The fourth-order valence-corrected chi connectivity index (χ4v) is 3.68. The van der Waals surface area contributed by atoms with E-state index < -0.39 is 16.6 Å². The van der Waals surface area contributed by atoms with E-state index >= 15 is 0 Å². The third kappa shape index (κ3) is 4.42. The molecule has 146 valence electrons. The lowest BCUT2D eigenvalue weighted by Crippen LogP contribution is -2.15. The van der Waals surface area contributed by atoms with Crippen molar-refractivity contribution in [3.8, 4) is 0 Å². The molecule has 0 bridgehead atoms. The van der Waals surface area contributed by atoms with Crippen LogP contribution >= 0.6 is 23.4 Å². The number of rotatable bonds is 7. The van der Waals surface area contributed by atoms with Crippen LogP contribution in [0.2, 0.25) is 5.02 Å². The molecule has 0 spiro atoms. The van der Waals surface area contributed by atoms with Gasteiger partial charge in [-0.3, -0.25) is 14.9 Å². The van der Waals surface area contributed by atoms with Gasteiger partial charge in [0, 0.05) is 23.7 Å². The Hall–Kier alpha value is -2.65. The highest BCUT2D eigenvalue weighted by molar-refractivity contribution is 7.99. The van der Waals surface area contributed by atoms with Gasteiger partial charge in [-0.05, 0) is 30.7 Å². The average Bonchev–Trinajstić information content (AvgIpc) is 2.98. The van der Waals surface area contributed by atoms with E-state index in [1.54, 1.807) is 12.1 Å². The van der Waals surface area contributed by atoms with Crippen LogP contribution in [0.15, 0.2) is 41.6 Å². The Kier molecular flexibility index (Phi) is 6.15. The number of halogens is 2. The first-order chi connectivity index (χ1) is 13.4. The lowest BCUT2D eigenvalue weighted by Gasteiger charge is -2.08. The zero-order chi connectivity index (χ0) is 20.3. The Labute approximate surface area is 169 Å². The molecule has 0 fully saturated rings. The maximum absolute atomic E-state index is 13.8. The number of carbonyl (C=O) groups excluding carboxylic acids is 1. The summed E-state index contributed by atoms with van der Waals surface area (Å²) in [5.74, 6) is -1.25. The second-order valence-electron chi connectivity index (χ2n) is 5.94. The number of nitrogens with zero attached hydrogens (tertiary/aromatic N) is 3. The van der Waals surface area contributed by atoms with Crippen molar-refractivity contribution in [2.45, 2.75) is 25.0 Å². The van der Waals surface area contributed by atoms with Crippen molar-refractivity contribution in [3.05, 3.63) is 57.4 Å². The summed E-state index contributed by atoms with van der Waals surface area (Å²) in [4.78, 5) is 26.9. The molecule has 2 aromatic carbocycles. The normalized spacial score (nSPS) is 11.0. The number of nitro groups is 1. The van der Waals surface area contributed by atoms with Gasteiger partial charge in [-0.1, -0.05) is 30.3 Å². The second kappa shape index (κ2) is 8.57. The molecule has 0 unspecified atom stereocenters. The number of imidazole rings is 1. The van der Waals surface area contributed by atoms with Gasteiger partial charge in [-0.25, -0.2) is 9.37 Å². The van der Waals surface area contributed by atoms with Crippen LogP contribution < -0.4 is 5.32 Å². The van der Waals surface area contributed by atoms with Crippen molar-refractivity contribution in [2.24, 2.45) is 0 Å². The molecule has 28 heavy (non-hydrogen) atoms. The largest absolute Gasteiger partial charge is 0.323 e. The molecule has 0 radical (unpaired) electrons. The Bertz CT molecular complexity index is 1060. The van der Waals surface area contributed by atoms with Gasteiger partial charge < -0.3 is 9.88 Å². The summed E-state index contributed by atoms with van der Waals surface area (Å²) < 4.78 is 15.8. The highest BCUT2D eigenvalue weighted by Crippen LogP contribution is 2.27. The summed E-state index contributed by atoms with van der Waals surface area (Å²) in [6.07, 6.45) is 0.882. The first kappa shape index (κ1) is 20.1. The molecule has 0 saturated carbocycles. The number of amides is 1. The summed E-state index contributed by atoms with van der Waals surface area (Å²) in [7, 11) is 0. The van der Waals surface area contributed by atoms with E-state index in [1.807, 2.05) is 17.6 Å². The molecule has 0 saturated heterocycles. The van der Waals surface area contributed by atoms with E-state index in [-0.39, 0.29) is 17.1 Å². The molecule has 3 aromatic rings. The van der Waals surface area contributed by atoms with Gasteiger partial charge in [-0.15, -0.1) is 0 Å². The third-order valence-corrected chi connectivity index (χ3v) is 5.10. The second-order valence-corrected chi connectivity index (χ2v) is 7.32. The molecular weight excluding hydrogens is 407 g/mol. The van der Waals surface area contributed by atoms with Crippen LogP contribution in [0, 0.1) is 15.9 Å². The van der Waals surface area contributed by atoms with Crippen molar-refractivity contribution in [3.63, 3.8) is 0 Å².